The number of fused-ring (bicyclic) bond motifs is 2. The molecule has 1 saturated heterocycles. The molecule has 2 aromatic rings. The molecule has 5 heteroatoms. The summed E-state index contributed by atoms with van der Waals surface area (Å²) < 4.78 is 13.2. The highest BCUT2D eigenvalue weighted by molar-refractivity contribution is 5.76. The monoisotopic (exact) mass is 284 g/mol. The first-order chi connectivity index (χ1) is 10.3. The van der Waals surface area contributed by atoms with Crippen LogP contribution in [0.25, 0.3) is 10.9 Å². The van der Waals surface area contributed by atoms with E-state index in [1.165, 1.54) is 0 Å². The fourth-order valence-corrected chi connectivity index (χ4v) is 3.03. The van der Waals surface area contributed by atoms with Crippen molar-refractivity contribution in [3.8, 4) is 0 Å². The SMILES string of the molecule is O=c1c2ccccc2ncn1C[C@H]1C[C@H]2OCC=C[C@H]2O1. The topological polar surface area (TPSA) is 53.4 Å². The zero-order valence-electron chi connectivity index (χ0n) is 11.5. The molecule has 0 N–H and O–H groups in total. The molecule has 0 aliphatic carbocycles. The fraction of sp³-hybridized carbons (Fsp3) is 0.375. The van der Waals surface area contributed by atoms with E-state index >= 15 is 0 Å². The Hall–Kier alpha value is -1.98. The Labute approximate surface area is 121 Å². The second kappa shape index (κ2) is 5.09. The van der Waals surface area contributed by atoms with E-state index in [-0.39, 0.29) is 23.9 Å². The van der Waals surface area contributed by atoms with Crippen LogP contribution in [0, 0.1) is 0 Å². The second-order valence-electron chi connectivity index (χ2n) is 5.48. The number of rotatable bonds is 2. The molecule has 0 bridgehead atoms. The Kier molecular flexibility index (Phi) is 3.09. The quantitative estimate of drug-likeness (QED) is 0.784. The van der Waals surface area contributed by atoms with E-state index < -0.39 is 0 Å². The Balaban J connectivity index is 1.59. The van der Waals surface area contributed by atoms with Crippen LogP contribution in [-0.2, 0) is 16.0 Å². The molecule has 0 amide bonds. The van der Waals surface area contributed by atoms with Crippen LogP contribution in [0.3, 0.4) is 0 Å². The van der Waals surface area contributed by atoms with Gasteiger partial charge in [0.05, 0.1) is 42.6 Å². The van der Waals surface area contributed by atoms with Gasteiger partial charge in [0.15, 0.2) is 0 Å². The van der Waals surface area contributed by atoms with Gasteiger partial charge in [0.25, 0.3) is 5.56 Å². The van der Waals surface area contributed by atoms with Crippen molar-refractivity contribution in [2.45, 2.75) is 31.3 Å². The van der Waals surface area contributed by atoms with Crippen molar-refractivity contribution in [3.63, 3.8) is 0 Å². The highest BCUT2D eigenvalue weighted by Gasteiger charge is 2.35. The lowest BCUT2D eigenvalue weighted by atomic mass is 10.1. The lowest BCUT2D eigenvalue weighted by Gasteiger charge is -2.18. The first-order valence-corrected chi connectivity index (χ1v) is 7.19. The van der Waals surface area contributed by atoms with Crippen LogP contribution in [0.4, 0.5) is 0 Å². The zero-order valence-corrected chi connectivity index (χ0v) is 11.5. The minimum atomic E-state index is -0.0180. The van der Waals surface area contributed by atoms with Gasteiger partial charge in [-0.2, -0.15) is 0 Å². The van der Waals surface area contributed by atoms with Crippen LogP contribution < -0.4 is 5.56 Å². The third kappa shape index (κ3) is 2.28. The summed E-state index contributed by atoms with van der Waals surface area (Å²) in [5.41, 5.74) is 0.710. The fourth-order valence-electron chi connectivity index (χ4n) is 3.03. The predicted molar refractivity (Wildman–Crippen MR) is 78.2 cm³/mol. The van der Waals surface area contributed by atoms with Gasteiger partial charge in [-0.25, -0.2) is 4.98 Å². The average Bonchev–Trinajstić information content (AvgIpc) is 2.93. The Morgan fingerprint density at radius 1 is 1.33 bits per heavy atom. The molecule has 0 radical (unpaired) electrons. The number of para-hydroxylation sites is 1. The van der Waals surface area contributed by atoms with Gasteiger partial charge in [0.1, 0.15) is 6.10 Å². The molecule has 0 saturated carbocycles. The molecule has 1 aromatic carbocycles. The Bertz CT molecular complexity index is 753. The minimum absolute atomic E-state index is 0.0107. The molecule has 4 rings (SSSR count). The first-order valence-electron chi connectivity index (χ1n) is 7.19. The van der Waals surface area contributed by atoms with Gasteiger partial charge in [0.2, 0.25) is 0 Å². The van der Waals surface area contributed by atoms with Crippen molar-refractivity contribution in [1.82, 2.24) is 9.55 Å². The predicted octanol–water partition coefficient (Wildman–Crippen LogP) is 1.51. The van der Waals surface area contributed by atoms with Crippen LogP contribution >= 0.6 is 0 Å². The van der Waals surface area contributed by atoms with Crippen LogP contribution in [0.15, 0.2) is 47.5 Å². The second-order valence-corrected chi connectivity index (χ2v) is 5.48. The van der Waals surface area contributed by atoms with Gasteiger partial charge in [-0.15, -0.1) is 0 Å². The van der Waals surface area contributed by atoms with Crippen molar-refractivity contribution >= 4 is 10.9 Å². The van der Waals surface area contributed by atoms with Crippen LogP contribution in [-0.4, -0.2) is 34.5 Å². The lowest BCUT2D eigenvalue weighted by Crippen LogP contribution is -2.27. The van der Waals surface area contributed by atoms with Crippen LogP contribution in [0.5, 0.6) is 0 Å². The van der Waals surface area contributed by atoms with Crippen molar-refractivity contribution in [2.24, 2.45) is 0 Å². The standard InChI is InChI=1S/C16H16N2O3/c19-16-12-4-1-2-5-13(12)17-10-18(16)9-11-8-15-14(21-11)6-3-7-20-15/h1-6,10-11,14-15H,7-9H2/t11-,14-,15-/m1/s1. The molecule has 0 spiro atoms. The lowest BCUT2D eigenvalue weighted by molar-refractivity contribution is -0.00161. The van der Waals surface area contributed by atoms with E-state index in [0.717, 1.165) is 11.9 Å². The van der Waals surface area contributed by atoms with E-state index in [4.69, 9.17) is 9.47 Å². The summed E-state index contributed by atoms with van der Waals surface area (Å²) in [4.78, 5) is 16.8. The Morgan fingerprint density at radius 3 is 3.14 bits per heavy atom. The summed E-state index contributed by atoms with van der Waals surface area (Å²) in [5, 5.41) is 0.645. The third-order valence-electron chi connectivity index (χ3n) is 4.08. The molecular formula is C16H16N2O3. The molecule has 3 atom stereocenters. The number of benzene rings is 1. The maximum Gasteiger partial charge on any atom is 0.261 e. The molecule has 5 nitrogen and oxygen atoms in total. The van der Waals surface area contributed by atoms with Gasteiger partial charge in [-0.05, 0) is 12.1 Å². The van der Waals surface area contributed by atoms with Crippen LogP contribution in [0.2, 0.25) is 0 Å². The first kappa shape index (κ1) is 12.7. The summed E-state index contributed by atoms with van der Waals surface area (Å²) in [5.74, 6) is 0. The van der Waals surface area contributed by atoms with E-state index in [0.29, 0.717) is 18.5 Å². The zero-order chi connectivity index (χ0) is 14.2. The van der Waals surface area contributed by atoms with Crippen molar-refractivity contribution in [1.29, 1.82) is 0 Å². The summed E-state index contributed by atoms with van der Waals surface area (Å²) in [6.07, 6.45) is 6.57. The molecule has 2 aliphatic heterocycles. The Morgan fingerprint density at radius 2 is 2.24 bits per heavy atom. The summed E-state index contributed by atoms with van der Waals surface area (Å²) in [6, 6.07) is 7.39. The van der Waals surface area contributed by atoms with Crippen molar-refractivity contribution < 1.29 is 9.47 Å². The molecule has 21 heavy (non-hydrogen) atoms. The molecule has 1 fully saturated rings. The number of hydrogen-bond acceptors (Lipinski definition) is 4. The smallest absolute Gasteiger partial charge is 0.261 e. The summed E-state index contributed by atoms with van der Waals surface area (Å²) in [7, 11) is 0. The summed E-state index contributed by atoms with van der Waals surface area (Å²) >= 11 is 0. The van der Waals surface area contributed by atoms with Gasteiger partial charge in [0, 0.05) is 6.42 Å². The molecular weight excluding hydrogens is 268 g/mol. The highest BCUT2D eigenvalue weighted by Crippen LogP contribution is 2.27. The largest absolute Gasteiger partial charge is 0.371 e. The van der Waals surface area contributed by atoms with Crippen molar-refractivity contribution in [2.75, 3.05) is 6.61 Å². The van der Waals surface area contributed by atoms with E-state index in [1.807, 2.05) is 30.3 Å². The maximum atomic E-state index is 12.5. The minimum Gasteiger partial charge on any atom is -0.371 e. The van der Waals surface area contributed by atoms with Crippen LogP contribution in [0.1, 0.15) is 6.42 Å². The third-order valence-corrected chi connectivity index (χ3v) is 4.08. The van der Waals surface area contributed by atoms with Crippen molar-refractivity contribution in [3.05, 3.63) is 53.1 Å². The van der Waals surface area contributed by atoms with Gasteiger partial charge in [-0.3, -0.25) is 9.36 Å². The molecule has 3 heterocycles. The average molecular weight is 284 g/mol. The summed E-state index contributed by atoms with van der Waals surface area (Å²) in [6.45, 7) is 1.16. The highest BCUT2D eigenvalue weighted by atomic mass is 16.6. The number of ether oxygens (including phenoxy) is 2. The number of aromatic nitrogens is 2. The number of nitrogens with zero attached hydrogens (tertiary/aromatic N) is 2. The van der Waals surface area contributed by atoms with Gasteiger partial charge >= 0.3 is 0 Å². The molecule has 0 unspecified atom stereocenters. The molecule has 2 aliphatic rings. The normalized spacial score (nSPS) is 27.9. The van der Waals surface area contributed by atoms with E-state index in [9.17, 15) is 4.79 Å². The molecule has 1 aromatic heterocycles. The molecule has 108 valence electrons. The van der Waals surface area contributed by atoms with E-state index in [1.54, 1.807) is 10.9 Å². The number of hydrogen-bond donors (Lipinski definition) is 0. The van der Waals surface area contributed by atoms with E-state index in [2.05, 4.69) is 11.1 Å². The van der Waals surface area contributed by atoms with Gasteiger partial charge < -0.3 is 9.47 Å². The maximum absolute atomic E-state index is 12.5. The van der Waals surface area contributed by atoms with Gasteiger partial charge in [-0.1, -0.05) is 24.3 Å².